The van der Waals surface area contributed by atoms with Crippen molar-refractivity contribution in [2.24, 2.45) is 0 Å². The largest absolute Gasteiger partial charge is 0.505 e. The minimum Gasteiger partial charge on any atom is -0.457 e. The summed E-state index contributed by atoms with van der Waals surface area (Å²) in [6.07, 6.45) is 0. The van der Waals surface area contributed by atoms with E-state index >= 15 is 0 Å². The molecule has 0 aromatic heterocycles. The molecule has 2 aromatic rings. The van der Waals surface area contributed by atoms with Crippen molar-refractivity contribution in [1.29, 1.82) is 0 Å². The Morgan fingerprint density at radius 2 is 1.29 bits per heavy atom. The fourth-order valence-corrected chi connectivity index (χ4v) is 5.13. The van der Waals surface area contributed by atoms with Gasteiger partial charge < -0.3 is 18.0 Å². The lowest BCUT2D eigenvalue weighted by Crippen LogP contribution is -2.48. The van der Waals surface area contributed by atoms with Gasteiger partial charge in [0.25, 0.3) is 0 Å². The summed E-state index contributed by atoms with van der Waals surface area (Å²) in [4.78, 5) is 0. The van der Waals surface area contributed by atoms with Crippen LogP contribution in [-0.2, 0) is 19.3 Å². The second-order valence-corrected chi connectivity index (χ2v) is 7.81. The molecule has 4 nitrogen and oxygen atoms in total. The van der Waals surface area contributed by atoms with Gasteiger partial charge in [-0.15, -0.1) is 0 Å². The van der Waals surface area contributed by atoms with Crippen molar-refractivity contribution in [2.75, 3.05) is 19.8 Å². The van der Waals surface area contributed by atoms with Gasteiger partial charge in [-0.25, -0.2) is 0 Å². The van der Waals surface area contributed by atoms with Gasteiger partial charge in [-0.3, -0.25) is 0 Å². The van der Waals surface area contributed by atoms with E-state index in [1.54, 1.807) is 0 Å². The van der Waals surface area contributed by atoms with Crippen molar-refractivity contribution >= 4 is 8.80 Å². The van der Waals surface area contributed by atoms with Gasteiger partial charge in [-0.05, 0) is 50.6 Å². The monoisotopic (exact) mass is 346 g/mol. The molecule has 0 amide bonds. The van der Waals surface area contributed by atoms with E-state index in [1.165, 1.54) is 0 Å². The summed E-state index contributed by atoms with van der Waals surface area (Å²) < 4.78 is 23.7. The van der Waals surface area contributed by atoms with Crippen molar-refractivity contribution in [3.63, 3.8) is 0 Å². The van der Waals surface area contributed by atoms with Crippen molar-refractivity contribution in [1.82, 2.24) is 0 Å². The van der Waals surface area contributed by atoms with Crippen LogP contribution < -0.4 is 4.74 Å². The molecule has 0 aliphatic heterocycles. The fraction of sp³-hybridized carbons (Fsp3) is 0.368. The van der Waals surface area contributed by atoms with Crippen LogP contribution in [0.4, 0.5) is 0 Å². The molecule has 24 heavy (non-hydrogen) atoms. The second-order valence-electron chi connectivity index (χ2n) is 5.22. The molecule has 0 aliphatic carbocycles. The van der Waals surface area contributed by atoms with E-state index in [4.69, 9.17) is 18.0 Å². The van der Waals surface area contributed by atoms with Crippen LogP contribution in [0.3, 0.4) is 0 Å². The van der Waals surface area contributed by atoms with Gasteiger partial charge in [-0.1, -0.05) is 30.3 Å². The molecule has 130 valence electrons. The fourth-order valence-electron chi connectivity index (χ4n) is 2.53. The summed E-state index contributed by atoms with van der Waals surface area (Å²) in [5.41, 5.74) is 1.09. The molecule has 0 atom stereocenters. The van der Waals surface area contributed by atoms with E-state index in [1.807, 2.05) is 69.3 Å². The van der Waals surface area contributed by atoms with Gasteiger partial charge in [0.15, 0.2) is 0 Å². The molecule has 0 spiro atoms. The van der Waals surface area contributed by atoms with Crippen LogP contribution in [0, 0.1) is 0 Å². The maximum Gasteiger partial charge on any atom is 0.505 e. The molecule has 0 radical (unpaired) electrons. The van der Waals surface area contributed by atoms with Crippen LogP contribution in [-0.4, -0.2) is 28.6 Å². The van der Waals surface area contributed by atoms with Crippen LogP contribution in [0.25, 0.3) is 0 Å². The molecule has 0 unspecified atom stereocenters. The molecule has 0 saturated heterocycles. The summed E-state index contributed by atoms with van der Waals surface area (Å²) >= 11 is 0. The Labute approximate surface area is 145 Å². The highest BCUT2D eigenvalue weighted by Crippen LogP contribution is 2.24. The van der Waals surface area contributed by atoms with Crippen molar-refractivity contribution in [2.45, 2.75) is 26.8 Å². The van der Waals surface area contributed by atoms with Crippen molar-refractivity contribution in [3.8, 4) is 11.5 Å². The normalized spacial score (nSPS) is 11.5. The maximum atomic E-state index is 5.93. The smallest absolute Gasteiger partial charge is 0.457 e. The Morgan fingerprint density at radius 3 is 1.88 bits per heavy atom. The van der Waals surface area contributed by atoms with E-state index in [0.29, 0.717) is 25.9 Å². The molecule has 0 bridgehead atoms. The van der Waals surface area contributed by atoms with Gasteiger partial charge in [0.2, 0.25) is 0 Å². The minimum atomic E-state index is -2.71. The Hall–Kier alpha value is -1.66. The van der Waals surface area contributed by atoms with Gasteiger partial charge in [-0.2, -0.15) is 0 Å². The Bertz CT molecular complexity index is 586. The summed E-state index contributed by atoms with van der Waals surface area (Å²) in [5.74, 6) is 1.61. The molecule has 2 rings (SSSR count). The zero-order valence-electron chi connectivity index (χ0n) is 14.7. The molecule has 2 aromatic carbocycles. The molecule has 0 N–H and O–H groups in total. The predicted molar refractivity (Wildman–Crippen MR) is 97.3 cm³/mol. The lowest BCUT2D eigenvalue weighted by molar-refractivity contribution is 0.0704. The van der Waals surface area contributed by atoms with E-state index < -0.39 is 8.80 Å². The third-order valence-electron chi connectivity index (χ3n) is 3.39. The first-order valence-electron chi connectivity index (χ1n) is 8.45. The standard InChI is InChI=1S/C19H26O4Si/c1-4-20-24(21-5-2,22-6-3)16-17-11-10-14-19(15-17)23-18-12-8-7-9-13-18/h7-15H,4-6,16H2,1-3H3. The van der Waals surface area contributed by atoms with E-state index in [0.717, 1.165) is 17.1 Å². The van der Waals surface area contributed by atoms with Crippen molar-refractivity contribution < 1.29 is 18.0 Å². The molecule has 5 heteroatoms. The van der Waals surface area contributed by atoms with Gasteiger partial charge in [0, 0.05) is 25.9 Å². The average molecular weight is 346 g/mol. The van der Waals surface area contributed by atoms with Gasteiger partial charge in [0.05, 0.1) is 0 Å². The van der Waals surface area contributed by atoms with Gasteiger partial charge in [0.1, 0.15) is 11.5 Å². The van der Waals surface area contributed by atoms with Crippen LogP contribution in [0.5, 0.6) is 11.5 Å². The van der Waals surface area contributed by atoms with E-state index in [9.17, 15) is 0 Å². The summed E-state index contributed by atoms with van der Waals surface area (Å²) in [7, 11) is -2.71. The van der Waals surface area contributed by atoms with Crippen LogP contribution in [0.2, 0.25) is 0 Å². The SMILES string of the molecule is CCO[Si](Cc1cccc(Oc2ccccc2)c1)(OCC)OCC. The number of hydrogen-bond acceptors (Lipinski definition) is 4. The number of benzene rings is 2. The maximum absolute atomic E-state index is 5.93. The molecule has 0 aliphatic rings. The van der Waals surface area contributed by atoms with Crippen molar-refractivity contribution in [3.05, 3.63) is 60.2 Å². The first-order valence-corrected chi connectivity index (χ1v) is 10.4. The molecular weight excluding hydrogens is 320 g/mol. The molecule has 0 fully saturated rings. The average Bonchev–Trinajstić information content (AvgIpc) is 2.57. The summed E-state index contributed by atoms with van der Waals surface area (Å²) in [6, 6.07) is 18.4. The quantitative estimate of drug-likeness (QED) is 0.589. The third kappa shape index (κ3) is 5.45. The molecule has 0 saturated carbocycles. The summed E-state index contributed by atoms with van der Waals surface area (Å²) in [5, 5.41) is 0. The number of ether oxygens (including phenoxy) is 1. The van der Waals surface area contributed by atoms with Crippen LogP contribution in [0.1, 0.15) is 26.3 Å². The topological polar surface area (TPSA) is 36.9 Å². The van der Waals surface area contributed by atoms with E-state index in [2.05, 4.69) is 6.07 Å². The van der Waals surface area contributed by atoms with Crippen LogP contribution in [0.15, 0.2) is 54.6 Å². The van der Waals surface area contributed by atoms with Gasteiger partial charge >= 0.3 is 8.80 Å². The minimum absolute atomic E-state index is 0.576. The number of hydrogen-bond donors (Lipinski definition) is 0. The summed E-state index contributed by atoms with van der Waals surface area (Å²) in [6.45, 7) is 7.63. The lowest BCUT2D eigenvalue weighted by Gasteiger charge is -2.28. The highest BCUT2D eigenvalue weighted by atomic mass is 28.4. The van der Waals surface area contributed by atoms with E-state index in [-0.39, 0.29) is 0 Å². The second kappa shape index (κ2) is 9.59. The molecule has 0 heterocycles. The predicted octanol–water partition coefficient (Wildman–Crippen LogP) is 4.61. The zero-order chi connectivity index (χ0) is 17.3. The lowest BCUT2D eigenvalue weighted by atomic mass is 10.2. The first-order chi connectivity index (χ1) is 11.7. The van der Waals surface area contributed by atoms with Crippen LogP contribution >= 0.6 is 0 Å². The molecular formula is C19H26O4Si. The third-order valence-corrected chi connectivity index (χ3v) is 6.42. The first kappa shape index (κ1) is 18.7. The number of para-hydroxylation sites is 1. The number of rotatable bonds is 10. The zero-order valence-corrected chi connectivity index (χ0v) is 15.7. The highest BCUT2D eigenvalue weighted by molar-refractivity contribution is 6.60. The Morgan fingerprint density at radius 1 is 0.708 bits per heavy atom. The Balaban J connectivity index is 2.16. The highest BCUT2D eigenvalue weighted by Gasteiger charge is 2.40. The Kier molecular flexibility index (Phi) is 7.46.